The molecule has 0 atom stereocenters. The first-order valence-corrected chi connectivity index (χ1v) is 13.5. The van der Waals surface area contributed by atoms with E-state index in [1.54, 1.807) is 22.8 Å². The summed E-state index contributed by atoms with van der Waals surface area (Å²) in [6.07, 6.45) is -8.45. The molecule has 7 rings (SSSR count). The first-order valence-electron chi connectivity index (χ1n) is 13.1. The standard InChI is InChI=1S/C27H22ClF8N5O/c28-16-1-4-19-14(5-16)8-40(25(12-42-13-25)27(34,35)36)9-20-37-38-23(41(19)20)15-6-24(7-15)10-39(11-24)22-18(29)3-2-17(21(22)30)26(31,32)33/h1-5,15H,6-13H2. The van der Waals surface area contributed by atoms with Crippen molar-refractivity contribution in [3.05, 3.63) is 69.8 Å². The van der Waals surface area contributed by atoms with Crippen LogP contribution < -0.4 is 4.90 Å². The molecule has 3 fully saturated rings. The van der Waals surface area contributed by atoms with Crippen molar-refractivity contribution in [2.75, 3.05) is 31.2 Å². The van der Waals surface area contributed by atoms with Crippen molar-refractivity contribution in [2.24, 2.45) is 5.41 Å². The largest absolute Gasteiger partial charge is 0.419 e. The molecule has 15 heteroatoms. The summed E-state index contributed by atoms with van der Waals surface area (Å²) in [5.74, 6) is -2.00. The lowest BCUT2D eigenvalue weighted by Gasteiger charge is -2.59. The highest BCUT2D eigenvalue weighted by atomic mass is 35.5. The highest BCUT2D eigenvalue weighted by Crippen LogP contribution is 2.57. The van der Waals surface area contributed by atoms with Gasteiger partial charge in [0.25, 0.3) is 0 Å². The number of aromatic nitrogens is 3. The van der Waals surface area contributed by atoms with Crippen molar-refractivity contribution < 1.29 is 39.9 Å². The van der Waals surface area contributed by atoms with Crippen molar-refractivity contribution in [1.82, 2.24) is 19.7 Å². The average Bonchev–Trinajstić information content (AvgIpc) is 3.12. The minimum absolute atomic E-state index is 0.0424. The summed E-state index contributed by atoms with van der Waals surface area (Å²) >= 11 is 6.23. The second kappa shape index (κ2) is 9.02. The average molecular weight is 620 g/mol. The number of benzene rings is 2. The van der Waals surface area contributed by atoms with Crippen LogP contribution in [0.4, 0.5) is 40.8 Å². The summed E-state index contributed by atoms with van der Waals surface area (Å²) in [5.41, 5.74) is -3.59. The second-order valence-electron chi connectivity index (χ2n) is 11.7. The molecule has 4 aliphatic rings. The van der Waals surface area contributed by atoms with Crippen LogP contribution in [0.5, 0.6) is 0 Å². The molecule has 3 aromatic rings. The van der Waals surface area contributed by atoms with Gasteiger partial charge in [-0.25, -0.2) is 8.78 Å². The van der Waals surface area contributed by atoms with Gasteiger partial charge in [-0.1, -0.05) is 11.6 Å². The van der Waals surface area contributed by atoms with Crippen LogP contribution in [0, 0.1) is 17.0 Å². The van der Waals surface area contributed by atoms with E-state index in [1.165, 1.54) is 9.80 Å². The molecule has 3 aliphatic heterocycles. The normalized spacial score (nSPS) is 21.7. The Balaban J connectivity index is 1.15. The highest BCUT2D eigenvalue weighted by Gasteiger charge is 2.64. The molecular weight excluding hydrogens is 598 g/mol. The fourth-order valence-corrected chi connectivity index (χ4v) is 7.01. The zero-order chi connectivity index (χ0) is 29.8. The van der Waals surface area contributed by atoms with Crippen LogP contribution in [0.3, 0.4) is 0 Å². The summed E-state index contributed by atoms with van der Waals surface area (Å²) in [6.45, 7) is -0.854. The zero-order valence-corrected chi connectivity index (χ0v) is 22.4. The van der Waals surface area contributed by atoms with Gasteiger partial charge < -0.3 is 9.64 Å². The number of hydrogen-bond acceptors (Lipinski definition) is 5. The van der Waals surface area contributed by atoms with E-state index < -0.39 is 54.0 Å². The quantitative estimate of drug-likeness (QED) is 0.325. The van der Waals surface area contributed by atoms with E-state index in [1.807, 2.05) is 0 Å². The predicted octanol–water partition coefficient (Wildman–Crippen LogP) is 6.25. The van der Waals surface area contributed by atoms with Gasteiger partial charge in [0.2, 0.25) is 0 Å². The monoisotopic (exact) mass is 619 g/mol. The van der Waals surface area contributed by atoms with Gasteiger partial charge in [-0.05, 0) is 48.7 Å². The molecule has 0 amide bonds. The van der Waals surface area contributed by atoms with E-state index in [0.29, 0.717) is 52.9 Å². The lowest BCUT2D eigenvalue weighted by Crippen LogP contribution is -2.69. The molecule has 4 heterocycles. The Morgan fingerprint density at radius 3 is 2.26 bits per heavy atom. The van der Waals surface area contributed by atoms with Gasteiger partial charge in [-0.3, -0.25) is 9.47 Å². The Bertz CT molecular complexity index is 1570. The van der Waals surface area contributed by atoms with E-state index in [0.717, 1.165) is 0 Å². The number of rotatable bonds is 3. The maximum Gasteiger partial charge on any atom is 0.419 e. The molecule has 0 radical (unpaired) electrons. The summed E-state index contributed by atoms with van der Waals surface area (Å²) in [7, 11) is 0. The van der Waals surface area contributed by atoms with Crippen molar-refractivity contribution in [3.8, 4) is 5.69 Å². The Hall–Kier alpha value is -2.97. The Kier molecular flexibility index (Phi) is 5.98. The first-order chi connectivity index (χ1) is 19.7. The van der Waals surface area contributed by atoms with E-state index >= 15 is 0 Å². The van der Waals surface area contributed by atoms with Crippen LogP contribution in [0.2, 0.25) is 5.02 Å². The molecule has 1 aromatic heterocycles. The van der Waals surface area contributed by atoms with Crippen LogP contribution in [-0.2, 0) is 24.0 Å². The van der Waals surface area contributed by atoms with Crippen LogP contribution in [0.25, 0.3) is 5.69 Å². The summed E-state index contributed by atoms with van der Waals surface area (Å²) in [6, 6.07) is 5.98. The summed E-state index contributed by atoms with van der Waals surface area (Å²) < 4.78 is 118. The molecule has 6 nitrogen and oxygen atoms in total. The third kappa shape index (κ3) is 4.04. The predicted molar refractivity (Wildman–Crippen MR) is 133 cm³/mol. The van der Waals surface area contributed by atoms with Gasteiger partial charge >= 0.3 is 12.4 Å². The first kappa shape index (κ1) is 27.8. The minimum atomic E-state index is -4.95. The summed E-state index contributed by atoms with van der Waals surface area (Å²) in [5, 5.41) is 8.99. The van der Waals surface area contributed by atoms with Gasteiger partial charge in [0.1, 0.15) is 17.3 Å². The third-order valence-corrected chi connectivity index (χ3v) is 9.25. The number of nitrogens with zero attached hydrogens (tertiary/aromatic N) is 5. The molecule has 1 spiro atoms. The molecule has 1 saturated carbocycles. The number of halogens is 9. The molecule has 0 N–H and O–H groups in total. The lowest BCUT2D eigenvalue weighted by atomic mass is 9.57. The van der Waals surface area contributed by atoms with Gasteiger partial charge in [-0.2, -0.15) is 26.3 Å². The Morgan fingerprint density at radius 1 is 0.929 bits per heavy atom. The molecule has 224 valence electrons. The Morgan fingerprint density at radius 2 is 1.64 bits per heavy atom. The van der Waals surface area contributed by atoms with Gasteiger partial charge in [0.15, 0.2) is 17.2 Å². The fourth-order valence-electron chi connectivity index (χ4n) is 6.81. The number of hydrogen-bond donors (Lipinski definition) is 0. The van der Waals surface area contributed by atoms with Gasteiger partial charge in [-0.15, -0.1) is 10.2 Å². The third-order valence-electron chi connectivity index (χ3n) is 9.01. The van der Waals surface area contributed by atoms with Crippen LogP contribution >= 0.6 is 11.6 Å². The molecular formula is C27H22ClF8N5O. The van der Waals surface area contributed by atoms with E-state index in [-0.39, 0.29) is 37.5 Å². The molecule has 0 unspecified atom stereocenters. The van der Waals surface area contributed by atoms with Crippen molar-refractivity contribution in [1.29, 1.82) is 0 Å². The van der Waals surface area contributed by atoms with Crippen LogP contribution in [-0.4, -0.2) is 57.7 Å². The fraction of sp³-hybridized carbons (Fsp3) is 0.481. The highest BCUT2D eigenvalue weighted by molar-refractivity contribution is 6.30. The molecule has 2 aromatic carbocycles. The molecule has 2 saturated heterocycles. The zero-order valence-electron chi connectivity index (χ0n) is 21.7. The summed E-state index contributed by atoms with van der Waals surface area (Å²) in [4.78, 5) is 2.57. The number of alkyl halides is 6. The Labute approximate surface area is 238 Å². The molecule has 0 bridgehead atoms. The van der Waals surface area contributed by atoms with E-state index in [4.69, 9.17) is 16.3 Å². The maximum absolute atomic E-state index is 14.7. The van der Waals surface area contributed by atoms with E-state index in [2.05, 4.69) is 10.2 Å². The van der Waals surface area contributed by atoms with Crippen molar-refractivity contribution in [3.63, 3.8) is 0 Å². The topological polar surface area (TPSA) is 46.4 Å². The van der Waals surface area contributed by atoms with Gasteiger partial charge in [0.05, 0.1) is 31.0 Å². The molecule has 1 aliphatic carbocycles. The van der Waals surface area contributed by atoms with Crippen molar-refractivity contribution in [2.45, 2.75) is 49.7 Å². The number of fused-ring (bicyclic) bond motifs is 3. The lowest BCUT2D eigenvalue weighted by molar-refractivity contribution is -0.310. The minimum Gasteiger partial charge on any atom is -0.377 e. The number of ether oxygens (including phenoxy) is 1. The number of anilines is 1. The van der Waals surface area contributed by atoms with E-state index in [9.17, 15) is 35.1 Å². The van der Waals surface area contributed by atoms with Gasteiger partial charge in [0, 0.05) is 36.0 Å². The molecule has 42 heavy (non-hydrogen) atoms. The smallest absolute Gasteiger partial charge is 0.377 e. The van der Waals surface area contributed by atoms with Crippen molar-refractivity contribution >= 4 is 17.3 Å². The van der Waals surface area contributed by atoms with Crippen LogP contribution in [0.1, 0.15) is 41.5 Å². The maximum atomic E-state index is 14.7. The van der Waals surface area contributed by atoms with Crippen LogP contribution in [0.15, 0.2) is 30.3 Å². The second-order valence-corrected chi connectivity index (χ2v) is 12.1. The SMILES string of the molecule is Fc1ccc(C(F)(F)F)c(F)c1N1CC2(CC(c3nnc4n3-c3ccc(Cl)cc3CN(C3(C(F)(F)F)COC3)C4)C2)C1.